The Labute approximate surface area is 149 Å². The Hall–Kier alpha value is -3.04. The first-order chi connectivity index (χ1) is 12.0. The van der Waals surface area contributed by atoms with Crippen molar-refractivity contribution in [1.29, 1.82) is 5.26 Å². The van der Waals surface area contributed by atoms with E-state index in [1.807, 2.05) is 6.07 Å². The number of carbonyl (C=O) groups excluding carboxylic acids is 2. The molecule has 0 radical (unpaired) electrons. The average molecular weight is 356 g/mol. The van der Waals surface area contributed by atoms with Gasteiger partial charge in [0.05, 0.1) is 28.0 Å². The third-order valence-electron chi connectivity index (χ3n) is 3.75. The standard InChI is InChI=1S/C18H14ClN3O3/c1-11(25-16-7-6-12(9-20)8-13(16)19)18(24)22-10-17(23)21-14-4-2-3-5-15(14)22/h2-8,11H,10H2,1H3,(H,21,23)/t11-/m1/s1. The zero-order chi connectivity index (χ0) is 18.0. The van der Waals surface area contributed by atoms with Gasteiger partial charge in [-0.25, -0.2) is 0 Å². The van der Waals surface area contributed by atoms with Crippen LogP contribution in [0.5, 0.6) is 5.75 Å². The first kappa shape index (κ1) is 16.8. The van der Waals surface area contributed by atoms with Crippen LogP contribution in [0.25, 0.3) is 0 Å². The minimum Gasteiger partial charge on any atom is -0.479 e. The highest BCUT2D eigenvalue weighted by molar-refractivity contribution is 6.32. The fourth-order valence-electron chi connectivity index (χ4n) is 2.56. The van der Waals surface area contributed by atoms with Crippen molar-refractivity contribution in [3.63, 3.8) is 0 Å². The van der Waals surface area contributed by atoms with Crippen molar-refractivity contribution < 1.29 is 14.3 Å². The summed E-state index contributed by atoms with van der Waals surface area (Å²) < 4.78 is 5.65. The molecule has 1 N–H and O–H groups in total. The van der Waals surface area contributed by atoms with Gasteiger partial charge in [-0.3, -0.25) is 14.5 Å². The number of nitriles is 1. The molecule has 0 fully saturated rings. The van der Waals surface area contributed by atoms with Crippen LogP contribution in [0.3, 0.4) is 0 Å². The molecule has 0 bridgehead atoms. The first-order valence-corrected chi connectivity index (χ1v) is 7.94. The topological polar surface area (TPSA) is 82.4 Å². The van der Waals surface area contributed by atoms with Crippen molar-refractivity contribution >= 4 is 34.8 Å². The summed E-state index contributed by atoms with van der Waals surface area (Å²) >= 11 is 6.08. The number of nitrogens with one attached hydrogen (secondary N) is 1. The van der Waals surface area contributed by atoms with Crippen molar-refractivity contribution in [2.45, 2.75) is 13.0 Å². The van der Waals surface area contributed by atoms with Crippen LogP contribution >= 0.6 is 11.6 Å². The van der Waals surface area contributed by atoms with Crippen LogP contribution < -0.4 is 15.0 Å². The zero-order valence-electron chi connectivity index (χ0n) is 13.3. The molecule has 1 heterocycles. The molecule has 25 heavy (non-hydrogen) atoms. The molecule has 0 saturated heterocycles. The highest BCUT2D eigenvalue weighted by Crippen LogP contribution is 2.31. The molecule has 0 unspecified atom stereocenters. The molecular weight excluding hydrogens is 342 g/mol. The largest absolute Gasteiger partial charge is 0.479 e. The second-order valence-corrected chi connectivity index (χ2v) is 5.91. The number of carbonyl (C=O) groups is 2. The number of hydrogen-bond acceptors (Lipinski definition) is 4. The van der Waals surface area contributed by atoms with Gasteiger partial charge in [0.25, 0.3) is 5.91 Å². The Kier molecular flexibility index (Phi) is 4.59. The fraction of sp³-hybridized carbons (Fsp3) is 0.167. The quantitative estimate of drug-likeness (QED) is 0.917. The summed E-state index contributed by atoms with van der Waals surface area (Å²) in [4.78, 5) is 26.0. The molecule has 2 amide bonds. The number of para-hydroxylation sites is 2. The highest BCUT2D eigenvalue weighted by Gasteiger charge is 2.30. The summed E-state index contributed by atoms with van der Waals surface area (Å²) in [5, 5.41) is 11.8. The smallest absolute Gasteiger partial charge is 0.268 e. The van der Waals surface area contributed by atoms with E-state index in [0.29, 0.717) is 22.7 Å². The summed E-state index contributed by atoms with van der Waals surface area (Å²) in [5.41, 5.74) is 1.60. The third-order valence-corrected chi connectivity index (χ3v) is 4.04. The maximum absolute atomic E-state index is 12.8. The summed E-state index contributed by atoms with van der Waals surface area (Å²) in [6.45, 7) is 1.51. The van der Waals surface area contributed by atoms with Crippen molar-refractivity contribution in [2.24, 2.45) is 0 Å². The monoisotopic (exact) mass is 355 g/mol. The molecule has 2 aromatic rings. The SMILES string of the molecule is C[C@@H](Oc1ccc(C#N)cc1Cl)C(=O)N1CC(=O)Nc2ccccc21. The Morgan fingerprint density at radius 2 is 2.12 bits per heavy atom. The van der Waals surface area contributed by atoms with Crippen LogP contribution in [-0.2, 0) is 9.59 Å². The van der Waals surface area contributed by atoms with E-state index >= 15 is 0 Å². The lowest BCUT2D eigenvalue weighted by atomic mass is 10.1. The molecule has 1 aliphatic rings. The van der Waals surface area contributed by atoms with Crippen LogP contribution in [0, 0.1) is 11.3 Å². The van der Waals surface area contributed by atoms with E-state index in [1.165, 1.54) is 11.0 Å². The van der Waals surface area contributed by atoms with Gasteiger partial charge in [-0.15, -0.1) is 0 Å². The highest BCUT2D eigenvalue weighted by atomic mass is 35.5. The number of hydrogen-bond donors (Lipinski definition) is 1. The van der Waals surface area contributed by atoms with Crippen LogP contribution in [0.4, 0.5) is 11.4 Å². The van der Waals surface area contributed by atoms with E-state index in [0.717, 1.165) is 0 Å². The average Bonchev–Trinajstić information content (AvgIpc) is 2.61. The Balaban J connectivity index is 1.82. The van der Waals surface area contributed by atoms with Gasteiger partial charge in [0.2, 0.25) is 5.91 Å². The number of rotatable bonds is 3. The second kappa shape index (κ2) is 6.83. The molecule has 0 aromatic heterocycles. The summed E-state index contributed by atoms with van der Waals surface area (Å²) in [7, 11) is 0. The van der Waals surface area contributed by atoms with Gasteiger partial charge in [0.1, 0.15) is 12.3 Å². The number of halogens is 1. The molecule has 0 aliphatic carbocycles. The molecule has 1 aliphatic heterocycles. The zero-order valence-corrected chi connectivity index (χ0v) is 14.1. The van der Waals surface area contributed by atoms with Crippen LogP contribution in [0.15, 0.2) is 42.5 Å². The van der Waals surface area contributed by atoms with Crippen molar-refractivity contribution in [2.75, 3.05) is 16.8 Å². The van der Waals surface area contributed by atoms with E-state index in [9.17, 15) is 9.59 Å². The lowest BCUT2D eigenvalue weighted by Gasteiger charge is -2.31. The van der Waals surface area contributed by atoms with Gasteiger partial charge in [-0.2, -0.15) is 5.26 Å². The number of amides is 2. The van der Waals surface area contributed by atoms with Gasteiger partial charge < -0.3 is 10.1 Å². The van der Waals surface area contributed by atoms with E-state index < -0.39 is 6.10 Å². The fourth-order valence-corrected chi connectivity index (χ4v) is 2.78. The molecule has 0 saturated carbocycles. The Morgan fingerprint density at radius 3 is 2.84 bits per heavy atom. The molecule has 2 aromatic carbocycles. The van der Waals surface area contributed by atoms with Crippen molar-refractivity contribution in [3.05, 3.63) is 53.1 Å². The van der Waals surface area contributed by atoms with Crippen molar-refractivity contribution in [3.8, 4) is 11.8 Å². The van der Waals surface area contributed by atoms with Crippen LogP contribution in [0.2, 0.25) is 5.02 Å². The van der Waals surface area contributed by atoms with E-state index in [4.69, 9.17) is 21.6 Å². The van der Waals surface area contributed by atoms with E-state index in [1.54, 1.807) is 43.3 Å². The van der Waals surface area contributed by atoms with E-state index in [-0.39, 0.29) is 23.4 Å². The second-order valence-electron chi connectivity index (χ2n) is 5.51. The number of anilines is 2. The molecule has 1 atom stereocenters. The van der Waals surface area contributed by atoms with Gasteiger partial charge in [-0.05, 0) is 37.3 Å². The molecular formula is C18H14ClN3O3. The number of benzene rings is 2. The van der Waals surface area contributed by atoms with Crippen LogP contribution in [-0.4, -0.2) is 24.5 Å². The molecule has 7 heteroatoms. The predicted octanol–water partition coefficient (Wildman–Crippen LogP) is 2.96. The lowest BCUT2D eigenvalue weighted by molar-refractivity contribution is -0.126. The predicted molar refractivity (Wildman–Crippen MR) is 93.7 cm³/mol. The minimum atomic E-state index is -0.857. The Morgan fingerprint density at radius 1 is 1.36 bits per heavy atom. The first-order valence-electron chi connectivity index (χ1n) is 7.56. The van der Waals surface area contributed by atoms with Gasteiger partial charge >= 0.3 is 0 Å². The normalized spacial score (nSPS) is 14.1. The molecule has 6 nitrogen and oxygen atoms in total. The third kappa shape index (κ3) is 3.42. The maximum Gasteiger partial charge on any atom is 0.268 e. The molecule has 126 valence electrons. The summed E-state index contributed by atoms with van der Waals surface area (Å²) in [6.07, 6.45) is -0.857. The lowest BCUT2D eigenvalue weighted by Crippen LogP contribution is -2.47. The summed E-state index contributed by atoms with van der Waals surface area (Å²) in [5.74, 6) is -0.324. The number of ether oxygens (including phenoxy) is 1. The molecule has 3 rings (SSSR count). The minimum absolute atomic E-state index is 0.0787. The maximum atomic E-state index is 12.8. The molecule has 0 spiro atoms. The Bertz CT molecular complexity index is 891. The number of fused-ring (bicyclic) bond motifs is 1. The van der Waals surface area contributed by atoms with Gasteiger partial charge in [-0.1, -0.05) is 23.7 Å². The summed E-state index contributed by atoms with van der Waals surface area (Å²) in [6, 6.07) is 13.6. The number of nitrogens with zero attached hydrogens (tertiary/aromatic N) is 2. The van der Waals surface area contributed by atoms with Gasteiger partial charge in [0, 0.05) is 0 Å². The van der Waals surface area contributed by atoms with Gasteiger partial charge in [0.15, 0.2) is 6.10 Å². The van der Waals surface area contributed by atoms with Crippen molar-refractivity contribution in [1.82, 2.24) is 0 Å². The van der Waals surface area contributed by atoms with Crippen LogP contribution in [0.1, 0.15) is 12.5 Å². The van der Waals surface area contributed by atoms with E-state index in [2.05, 4.69) is 5.32 Å².